The van der Waals surface area contributed by atoms with Gasteiger partial charge in [-0.15, -0.1) is 0 Å². The van der Waals surface area contributed by atoms with Crippen LogP contribution >= 0.6 is 0 Å². The Morgan fingerprint density at radius 3 is 0.974 bits per heavy atom. The van der Waals surface area contributed by atoms with E-state index in [9.17, 15) is 0 Å². The standard InChI is InChI=1S/C77H55N/c1-75(2)69-38-18-15-35-63(69)66-46-43-62(51-72(66)75)78(60-33-21-23-52(47-60)54-41-44-67-64-36-16-19-39-70(64)76(73(67)49-54,56-25-7-3-8-26-56)57-27-9-4-10-28-57)61-34-22-24-53(48-61)55-42-45-68-65-37-17-20-40-71(65)77(74(68)50-55,58-29-11-5-12-30-58)59-31-13-6-14-32-59/h3-51H,1-2H3. The van der Waals surface area contributed by atoms with Crippen LogP contribution in [0.15, 0.2) is 297 Å². The fraction of sp³-hybridized carbons (Fsp3) is 0.0649. The predicted molar refractivity (Wildman–Crippen MR) is 324 cm³/mol. The van der Waals surface area contributed by atoms with Gasteiger partial charge in [-0.1, -0.05) is 263 Å². The van der Waals surface area contributed by atoms with Crippen molar-refractivity contribution in [3.8, 4) is 55.6 Å². The Balaban J connectivity index is 0.904. The first-order valence-electron chi connectivity index (χ1n) is 27.4. The molecule has 0 aromatic heterocycles. The Hall–Kier alpha value is -9.56. The van der Waals surface area contributed by atoms with Crippen LogP contribution in [-0.4, -0.2) is 0 Å². The summed E-state index contributed by atoms with van der Waals surface area (Å²) in [4.78, 5) is 2.48. The summed E-state index contributed by atoms with van der Waals surface area (Å²) in [6.07, 6.45) is 0. The lowest BCUT2D eigenvalue weighted by Crippen LogP contribution is -2.28. The van der Waals surface area contributed by atoms with Crippen LogP contribution in [0, 0.1) is 0 Å². The fourth-order valence-corrected chi connectivity index (χ4v) is 14.2. The van der Waals surface area contributed by atoms with E-state index >= 15 is 0 Å². The summed E-state index contributed by atoms with van der Waals surface area (Å²) < 4.78 is 0. The number of hydrogen-bond acceptors (Lipinski definition) is 1. The summed E-state index contributed by atoms with van der Waals surface area (Å²) in [6, 6.07) is 111. The molecule has 368 valence electrons. The van der Waals surface area contributed by atoms with Gasteiger partial charge < -0.3 is 4.90 Å². The zero-order valence-corrected chi connectivity index (χ0v) is 43.7. The number of benzene rings is 12. The van der Waals surface area contributed by atoms with Gasteiger partial charge in [-0.05, 0) is 160 Å². The molecule has 3 aliphatic rings. The summed E-state index contributed by atoms with van der Waals surface area (Å²) in [5.41, 5.74) is 27.6. The van der Waals surface area contributed by atoms with E-state index in [1.807, 2.05) is 0 Å². The Labute approximate surface area is 458 Å². The highest BCUT2D eigenvalue weighted by atomic mass is 15.1. The van der Waals surface area contributed by atoms with Gasteiger partial charge in [0.15, 0.2) is 0 Å². The van der Waals surface area contributed by atoms with Crippen molar-refractivity contribution in [3.63, 3.8) is 0 Å². The van der Waals surface area contributed by atoms with E-state index in [4.69, 9.17) is 0 Å². The van der Waals surface area contributed by atoms with Gasteiger partial charge >= 0.3 is 0 Å². The van der Waals surface area contributed by atoms with Crippen LogP contribution in [0.5, 0.6) is 0 Å². The summed E-state index contributed by atoms with van der Waals surface area (Å²) in [7, 11) is 0. The Bertz CT molecular complexity index is 3980. The molecule has 12 aromatic carbocycles. The van der Waals surface area contributed by atoms with E-state index in [1.165, 1.54) is 100 Å². The average molecular weight is 994 g/mol. The smallest absolute Gasteiger partial charge is 0.0713 e. The molecule has 0 radical (unpaired) electrons. The van der Waals surface area contributed by atoms with Crippen molar-refractivity contribution in [1.29, 1.82) is 0 Å². The summed E-state index contributed by atoms with van der Waals surface area (Å²) in [5.74, 6) is 0. The first-order chi connectivity index (χ1) is 38.4. The number of rotatable bonds is 9. The molecule has 3 aliphatic carbocycles. The monoisotopic (exact) mass is 993 g/mol. The second-order valence-electron chi connectivity index (χ2n) is 21.9. The Morgan fingerprint density at radius 2 is 0.538 bits per heavy atom. The summed E-state index contributed by atoms with van der Waals surface area (Å²) >= 11 is 0. The molecule has 0 N–H and O–H groups in total. The van der Waals surface area contributed by atoms with E-state index in [1.54, 1.807) is 0 Å². The van der Waals surface area contributed by atoms with Gasteiger partial charge in [-0.3, -0.25) is 0 Å². The molecule has 0 saturated carbocycles. The van der Waals surface area contributed by atoms with E-state index in [2.05, 4.69) is 316 Å². The highest BCUT2D eigenvalue weighted by molar-refractivity contribution is 5.92. The second kappa shape index (κ2) is 17.8. The third-order valence-electron chi connectivity index (χ3n) is 17.6. The quantitative estimate of drug-likeness (QED) is 0.139. The topological polar surface area (TPSA) is 3.24 Å². The van der Waals surface area contributed by atoms with Gasteiger partial charge in [0, 0.05) is 22.5 Å². The minimum absolute atomic E-state index is 0.171. The highest BCUT2D eigenvalue weighted by Crippen LogP contribution is 2.59. The first-order valence-corrected chi connectivity index (χ1v) is 27.4. The third kappa shape index (κ3) is 6.68. The minimum Gasteiger partial charge on any atom is -0.310 e. The van der Waals surface area contributed by atoms with Crippen molar-refractivity contribution in [2.45, 2.75) is 30.1 Å². The molecule has 0 fully saturated rings. The van der Waals surface area contributed by atoms with E-state index in [0.29, 0.717) is 0 Å². The summed E-state index contributed by atoms with van der Waals surface area (Å²) in [5, 5.41) is 0. The molecular formula is C77H55N. The van der Waals surface area contributed by atoms with Crippen molar-refractivity contribution in [2.24, 2.45) is 0 Å². The number of anilines is 3. The van der Waals surface area contributed by atoms with Crippen LogP contribution in [0.2, 0.25) is 0 Å². The Kier molecular flexibility index (Phi) is 10.4. The normalized spacial score (nSPS) is 14.3. The van der Waals surface area contributed by atoms with Gasteiger partial charge in [0.25, 0.3) is 0 Å². The molecular weight excluding hydrogens is 939 g/mol. The zero-order valence-electron chi connectivity index (χ0n) is 43.7. The molecule has 0 aliphatic heterocycles. The van der Waals surface area contributed by atoms with E-state index < -0.39 is 10.8 Å². The molecule has 12 aromatic rings. The lowest BCUT2D eigenvalue weighted by Gasteiger charge is -2.34. The van der Waals surface area contributed by atoms with Crippen LogP contribution in [0.3, 0.4) is 0 Å². The molecule has 78 heavy (non-hydrogen) atoms. The van der Waals surface area contributed by atoms with Gasteiger partial charge in [0.05, 0.1) is 10.8 Å². The van der Waals surface area contributed by atoms with Crippen LogP contribution in [0.1, 0.15) is 69.5 Å². The van der Waals surface area contributed by atoms with Gasteiger partial charge in [0.2, 0.25) is 0 Å². The van der Waals surface area contributed by atoms with E-state index in [0.717, 1.165) is 28.2 Å². The number of hydrogen-bond donors (Lipinski definition) is 0. The van der Waals surface area contributed by atoms with Crippen molar-refractivity contribution < 1.29 is 0 Å². The second-order valence-corrected chi connectivity index (χ2v) is 21.9. The van der Waals surface area contributed by atoms with Gasteiger partial charge in [-0.2, -0.15) is 0 Å². The van der Waals surface area contributed by atoms with Gasteiger partial charge in [-0.25, -0.2) is 0 Å². The molecule has 0 amide bonds. The third-order valence-corrected chi connectivity index (χ3v) is 17.6. The largest absolute Gasteiger partial charge is 0.310 e. The number of fused-ring (bicyclic) bond motifs is 9. The maximum absolute atomic E-state index is 2.48. The Morgan fingerprint density at radius 1 is 0.218 bits per heavy atom. The molecule has 1 nitrogen and oxygen atoms in total. The molecule has 0 bridgehead atoms. The van der Waals surface area contributed by atoms with Crippen molar-refractivity contribution in [2.75, 3.05) is 4.90 Å². The number of nitrogens with zero attached hydrogens (tertiary/aromatic N) is 1. The van der Waals surface area contributed by atoms with Crippen LogP contribution < -0.4 is 4.90 Å². The maximum Gasteiger partial charge on any atom is 0.0713 e. The fourth-order valence-electron chi connectivity index (χ4n) is 14.2. The van der Waals surface area contributed by atoms with Crippen LogP contribution in [0.4, 0.5) is 17.1 Å². The first kappa shape index (κ1) is 45.8. The lowest BCUT2D eigenvalue weighted by molar-refractivity contribution is 0.660. The molecule has 0 unspecified atom stereocenters. The van der Waals surface area contributed by atoms with Crippen molar-refractivity contribution >= 4 is 17.1 Å². The molecule has 1 heteroatoms. The highest BCUT2D eigenvalue weighted by Gasteiger charge is 2.48. The molecule has 0 heterocycles. The lowest BCUT2D eigenvalue weighted by atomic mass is 9.67. The van der Waals surface area contributed by atoms with Crippen LogP contribution in [0.25, 0.3) is 55.6 Å². The van der Waals surface area contributed by atoms with Crippen LogP contribution in [-0.2, 0) is 16.2 Å². The minimum atomic E-state index is -0.495. The molecule has 0 spiro atoms. The molecule has 0 saturated heterocycles. The molecule has 0 atom stereocenters. The molecule has 15 rings (SSSR count). The maximum atomic E-state index is 2.48. The van der Waals surface area contributed by atoms with Crippen molar-refractivity contribution in [1.82, 2.24) is 0 Å². The SMILES string of the molecule is CC1(C)c2ccccc2-c2ccc(N(c3cccc(-c4ccc5c(c4)C(c4ccccc4)(c4ccccc4)c4ccccc4-5)c3)c3cccc(-c4ccc5c(c4)C(c4ccccc4)(c4ccccc4)c4ccccc4-5)c3)cc21. The average Bonchev–Trinajstić information content (AvgIpc) is 4.16. The predicted octanol–water partition coefficient (Wildman–Crippen LogP) is 19.5. The summed E-state index contributed by atoms with van der Waals surface area (Å²) in [6.45, 7) is 4.75. The van der Waals surface area contributed by atoms with Crippen molar-refractivity contribution in [3.05, 3.63) is 353 Å². The van der Waals surface area contributed by atoms with E-state index in [-0.39, 0.29) is 5.41 Å². The van der Waals surface area contributed by atoms with Gasteiger partial charge in [0.1, 0.15) is 0 Å². The zero-order chi connectivity index (χ0) is 52.0.